The topological polar surface area (TPSA) is 46.9 Å². The third-order valence-electron chi connectivity index (χ3n) is 5.77. The van der Waals surface area contributed by atoms with Gasteiger partial charge in [-0.1, -0.05) is 66.2 Å². The van der Waals surface area contributed by atoms with Crippen molar-refractivity contribution in [3.05, 3.63) is 107 Å². The van der Waals surface area contributed by atoms with Gasteiger partial charge in [0, 0.05) is 16.8 Å². The van der Waals surface area contributed by atoms with Crippen molar-refractivity contribution in [1.82, 2.24) is 15.1 Å². The normalized spacial score (nSPS) is 15.3. The van der Waals surface area contributed by atoms with E-state index in [2.05, 4.69) is 23.5 Å². The minimum absolute atomic E-state index is 0.00981. The van der Waals surface area contributed by atoms with Gasteiger partial charge in [0.05, 0.1) is 17.3 Å². The summed E-state index contributed by atoms with van der Waals surface area (Å²) in [6.45, 7) is 0. The second-order valence-electron chi connectivity index (χ2n) is 7.80. The van der Waals surface area contributed by atoms with E-state index >= 15 is 0 Å². The van der Waals surface area contributed by atoms with Crippen molar-refractivity contribution < 1.29 is 4.79 Å². The molecule has 0 aliphatic heterocycles. The van der Waals surface area contributed by atoms with Crippen LogP contribution >= 0.6 is 11.6 Å². The Balaban J connectivity index is 1.52. The van der Waals surface area contributed by atoms with Crippen LogP contribution in [0.5, 0.6) is 0 Å². The number of benzene rings is 3. The van der Waals surface area contributed by atoms with Gasteiger partial charge in [0.25, 0.3) is 5.91 Å². The Kier molecular flexibility index (Phi) is 5.31. The van der Waals surface area contributed by atoms with Gasteiger partial charge in [-0.3, -0.25) is 4.79 Å². The number of carbonyl (C=O) groups excluding carboxylic acids is 1. The van der Waals surface area contributed by atoms with Gasteiger partial charge in [0.2, 0.25) is 0 Å². The molecule has 1 aromatic heterocycles. The van der Waals surface area contributed by atoms with Crippen LogP contribution in [0.2, 0.25) is 5.02 Å². The number of para-hydroxylation sites is 1. The summed E-state index contributed by atoms with van der Waals surface area (Å²) in [7, 11) is 0. The molecule has 4 nitrogen and oxygen atoms in total. The third-order valence-corrected chi connectivity index (χ3v) is 6.02. The van der Waals surface area contributed by atoms with E-state index in [1.165, 1.54) is 11.1 Å². The Bertz CT molecular complexity index is 1220. The predicted molar refractivity (Wildman–Crippen MR) is 124 cm³/mol. The molecule has 3 aromatic carbocycles. The first-order valence-corrected chi connectivity index (χ1v) is 10.9. The van der Waals surface area contributed by atoms with Crippen molar-refractivity contribution in [3.8, 4) is 16.9 Å². The van der Waals surface area contributed by atoms with E-state index < -0.39 is 0 Å². The summed E-state index contributed by atoms with van der Waals surface area (Å²) in [5.74, 6) is -0.117. The molecule has 0 saturated heterocycles. The maximum Gasteiger partial charge on any atom is 0.255 e. The SMILES string of the molecule is O=C(N[C@H]1CCCc2ccccc21)c1cn(-c2ccccc2)nc1-c1ccc(Cl)cc1. The first kappa shape index (κ1) is 19.6. The average molecular weight is 428 g/mol. The van der Waals surface area contributed by atoms with Gasteiger partial charge in [-0.15, -0.1) is 0 Å². The molecule has 1 amide bonds. The monoisotopic (exact) mass is 427 g/mol. The van der Waals surface area contributed by atoms with Crippen molar-refractivity contribution >= 4 is 17.5 Å². The van der Waals surface area contributed by atoms with Crippen molar-refractivity contribution in [2.75, 3.05) is 0 Å². The fourth-order valence-corrected chi connectivity index (χ4v) is 4.34. The van der Waals surface area contributed by atoms with Gasteiger partial charge < -0.3 is 5.32 Å². The van der Waals surface area contributed by atoms with Crippen LogP contribution in [-0.4, -0.2) is 15.7 Å². The number of hydrogen-bond acceptors (Lipinski definition) is 2. The zero-order chi connectivity index (χ0) is 21.2. The molecular weight excluding hydrogens is 406 g/mol. The van der Waals surface area contributed by atoms with Crippen molar-refractivity contribution in [1.29, 1.82) is 0 Å². The molecule has 5 rings (SSSR count). The zero-order valence-electron chi connectivity index (χ0n) is 17.0. The number of nitrogens with zero attached hydrogens (tertiary/aromatic N) is 2. The lowest BCUT2D eigenvalue weighted by molar-refractivity contribution is 0.0933. The average Bonchev–Trinajstić information content (AvgIpc) is 3.26. The highest BCUT2D eigenvalue weighted by atomic mass is 35.5. The molecule has 0 fully saturated rings. The first-order valence-electron chi connectivity index (χ1n) is 10.5. The minimum Gasteiger partial charge on any atom is -0.345 e. The zero-order valence-corrected chi connectivity index (χ0v) is 17.7. The number of nitrogens with one attached hydrogen (secondary N) is 1. The molecule has 4 aromatic rings. The lowest BCUT2D eigenvalue weighted by atomic mass is 9.87. The second-order valence-corrected chi connectivity index (χ2v) is 8.23. The Hall–Kier alpha value is -3.37. The molecule has 0 spiro atoms. The van der Waals surface area contributed by atoms with E-state index in [4.69, 9.17) is 16.7 Å². The number of aromatic nitrogens is 2. The molecule has 0 radical (unpaired) electrons. The Morgan fingerprint density at radius 1 is 0.968 bits per heavy atom. The number of amides is 1. The van der Waals surface area contributed by atoms with E-state index in [1.54, 1.807) is 4.68 Å². The summed E-state index contributed by atoms with van der Waals surface area (Å²) in [6.07, 6.45) is 4.87. The quantitative estimate of drug-likeness (QED) is 0.434. The summed E-state index contributed by atoms with van der Waals surface area (Å²) < 4.78 is 1.76. The van der Waals surface area contributed by atoms with Crippen molar-refractivity contribution in [3.63, 3.8) is 0 Å². The number of fused-ring (bicyclic) bond motifs is 1. The Morgan fingerprint density at radius 2 is 1.71 bits per heavy atom. The third kappa shape index (κ3) is 3.99. The maximum absolute atomic E-state index is 13.4. The van der Waals surface area contributed by atoms with Crippen LogP contribution in [-0.2, 0) is 6.42 Å². The highest BCUT2D eigenvalue weighted by molar-refractivity contribution is 6.30. The second kappa shape index (κ2) is 8.40. The highest BCUT2D eigenvalue weighted by Crippen LogP contribution is 2.31. The van der Waals surface area contributed by atoms with Gasteiger partial charge >= 0.3 is 0 Å². The van der Waals surface area contributed by atoms with Crippen LogP contribution in [0.1, 0.15) is 40.4 Å². The molecule has 1 heterocycles. The summed E-state index contributed by atoms with van der Waals surface area (Å²) in [4.78, 5) is 13.4. The standard InChI is InChI=1S/C26H22ClN3O/c27-20-15-13-19(14-16-20)25-23(17-30(29-25)21-9-2-1-3-10-21)26(31)28-24-12-6-8-18-7-4-5-11-22(18)24/h1-5,7,9-11,13-17,24H,6,8,12H2,(H,28,31)/t24-/m0/s1. The molecule has 1 aliphatic rings. The number of aryl methyl sites for hydroxylation is 1. The summed E-state index contributed by atoms with van der Waals surface area (Å²) >= 11 is 6.07. The maximum atomic E-state index is 13.4. The van der Waals surface area contributed by atoms with E-state index in [0.29, 0.717) is 16.3 Å². The molecule has 1 aliphatic carbocycles. The molecule has 31 heavy (non-hydrogen) atoms. The highest BCUT2D eigenvalue weighted by Gasteiger charge is 2.25. The van der Waals surface area contributed by atoms with Gasteiger partial charge in [-0.25, -0.2) is 4.68 Å². The number of carbonyl (C=O) groups is 1. The first-order chi connectivity index (χ1) is 15.2. The Labute approximate surface area is 186 Å². The van der Waals surface area contributed by atoms with Gasteiger partial charge in [-0.2, -0.15) is 5.10 Å². The van der Waals surface area contributed by atoms with Crippen molar-refractivity contribution in [2.45, 2.75) is 25.3 Å². The number of halogens is 1. The van der Waals surface area contributed by atoms with Crippen LogP contribution < -0.4 is 5.32 Å². The van der Waals surface area contributed by atoms with Crippen LogP contribution in [0.3, 0.4) is 0 Å². The van der Waals surface area contributed by atoms with E-state index in [1.807, 2.05) is 66.9 Å². The van der Waals surface area contributed by atoms with Crippen LogP contribution in [0.15, 0.2) is 85.1 Å². The fraction of sp³-hybridized carbons (Fsp3) is 0.154. The largest absolute Gasteiger partial charge is 0.345 e. The smallest absolute Gasteiger partial charge is 0.255 e. The summed E-state index contributed by atoms with van der Waals surface area (Å²) in [5.41, 5.74) is 5.48. The van der Waals surface area contributed by atoms with Gasteiger partial charge in [-0.05, 0) is 54.7 Å². The van der Waals surface area contributed by atoms with E-state index in [9.17, 15) is 4.79 Å². The van der Waals surface area contributed by atoms with Crippen LogP contribution in [0.4, 0.5) is 0 Å². The Morgan fingerprint density at radius 3 is 2.52 bits per heavy atom. The lowest BCUT2D eigenvalue weighted by Gasteiger charge is -2.26. The molecule has 1 atom stereocenters. The van der Waals surface area contributed by atoms with E-state index in [0.717, 1.165) is 30.5 Å². The lowest BCUT2D eigenvalue weighted by Crippen LogP contribution is -2.31. The molecule has 154 valence electrons. The molecular formula is C26H22ClN3O. The molecule has 0 saturated carbocycles. The molecule has 0 unspecified atom stereocenters. The number of hydrogen-bond donors (Lipinski definition) is 1. The molecule has 1 N–H and O–H groups in total. The molecule has 5 heteroatoms. The predicted octanol–water partition coefficient (Wildman–Crippen LogP) is 6.00. The molecule has 0 bridgehead atoms. The summed E-state index contributed by atoms with van der Waals surface area (Å²) in [5, 5.41) is 8.66. The van der Waals surface area contributed by atoms with Crippen molar-refractivity contribution in [2.24, 2.45) is 0 Å². The summed E-state index contributed by atoms with van der Waals surface area (Å²) in [6, 6.07) is 25.6. The van der Waals surface area contributed by atoms with Gasteiger partial charge in [0.1, 0.15) is 5.69 Å². The van der Waals surface area contributed by atoms with Crippen LogP contribution in [0, 0.1) is 0 Å². The van der Waals surface area contributed by atoms with E-state index in [-0.39, 0.29) is 11.9 Å². The fourth-order valence-electron chi connectivity index (χ4n) is 4.21. The van der Waals surface area contributed by atoms with Gasteiger partial charge in [0.15, 0.2) is 0 Å². The minimum atomic E-state index is -0.117. The number of rotatable bonds is 4. The van der Waals surface area contributed by atoms with Crippen LogP contribution in [0.25, 0.3) is 16.9 Å².